The average Bonchev–Trinajstić information content (AvgIpc) is 2.78. The number of hydrogen-bond acceptors (Lipinski definition) is 3. The van der Waals surface area contributed by atoms with Crippen LogP contribution in [0.15, 0.2) is 60.7 Å². The Morgan fingerprint density at radius 2 is 1.70 bits per heavy atom. The third-order valence-electron chi connectivity index (χ3n) is 6.14. The van der Waals surface area contributed by atoms with Crippen LogP contribution in [0.25, 0.3) is 0 Å². The molecule has 1 heterocycles. The highest BCUT2D eigenvalue weighted by Gasteiger charge is 2.31. The van der Waals surface area contributed by atoms with E-state index in [9.17, 15) is 9.18 Å². The van der Waals surface area contributed by atoms with E-state index in [1.165, 1.54) is 28.9 Å². The summed E-state index contributed by atoms with van der Waals surface area (Å²) in [6.07, 6.45) is 1.06. The Labute approximate surface area is 195 Å². The number of anilines is 2. The van der Waals surface area contributed by atoms with E-state index < -0.39 is 11.8 Å². The topological polar surface area (TPSA) is 29.5 Å². The number of rotatable bonds is 3. The Bertz CT molecular complexity index is 1250. The number of benzene rings is 3. The lowest BCUT2D eigenvalue weighted by atomic mass is 9.77. The summed E-state index contributed by atoms with van der Waals surface area (Å²) in [5, 5.41) is 0. The molecule has 0 unspecified atom stereocenters. The second-order valence-electron chi connectivity index (χ2n) is 9.02. The summed E-state index contributed by atoms with van der Waals surface area (Å²) in [6, 6.07) is 19.2. The number of carbonyl (C=O) groups is 1. The van der Waals surface area contributed by atoms with Gasteiger partial charge in [-0.05, 0) is 73.7 Å². The molecule has 0 saturated carbocycles. The molecule has 1 aliphatic rings. The second kappa shape index (κ2) is 9.11. The van der Waals surface area contributed by atoms with E-state index in [0.29, 0.717) is 5.56 Å². The molecule has 0 aromatic heterocycles. The molecule has 0 bridgehead atoms. The molecule has 168 valence electrons. The van der Waals surface area contributed by atoms with Gasteiger partial charge < -0.3 is 9.64 Å². The maximum Gasteiger partial charge on any atom is 0.341 e. The molecule has 0 radical (unpaired) electrons. The van der Waals surface area contributed by atoms with Gasteiger partial charge in [0.2, 0.25) is 0 Å². The van der Waals surface area contributed by atoms with Crippen molar-refractivity contribution in [3.8, 4) is 11.8 Å². The molecule has 3 aromatic carbocycles. The van der Waals surface area contributed by atoms with E-state index in [1.54, 1.807) is 13.0 Å². The number of esters is 1. The first-order chi connectivity index (χ1) is 15.8. The normalized spacial score (nSPS) is 14.2. The van der Waals surface area contributed by atoms with Gasteiger partial charge in [-0.15, -0.1) is 0 Å². The van der Waals surface area contributed by atoms with Gasteiger partial charge in [0, 0.05) is 29.0 Å². The van der Waals surface area contributed by atoms with Gasteiger partial charge in [-0.2, -0.15) is 0 Å². The van der Waals surface area contributed by atoms with Gasteiger partial charge in [0.15, 0.2) is 0 Å². The van der Waals surface area contributed by atoms with Crippen LogP contribution < -0.4 is 4.90 Å². The summed E-state index contributed by atoms with van der Waals surface area (Å²) in [7, 11) is 0. The smallest absolute Gasteiger partial charge is 0.341 e. The van der Waals surface area contributed by atoms with Crippen LogP contribution in [0.5, 0.6) is 0 Å². The number of ether oxygens (including phenoxy) is 1. The van der Waals surface area contributed by atoms with Gasteiger partial charge in [-0.25, -0.2) is 9.18 Å². The first-order valence-electron chi connectivity index (χ1n) is 11.3. The lowest BCUT2D eigenvalue weighted by Gasteiger charge is -2.40. The number of nitrogens with zero attached hydrogens (tertiary/aromatic N) is 1. The number of halogens is 1. The van der Waals surface area contributed by atoms with Crippen molar-refractivity contribution in [3.63, 3.8) is 0 Å². The summed E-state index contributed by atoms with van der Waals surface area (Å²) in [4.78, 5) is 14.2. The zero-order chi connectivity index (χ0) is 23.6. The van der Waals surface area contributed by atoms with Crippen molar-refractivity contribution in [1.82, 2.24) is 0 Å². The predicted molar refractivity (Wildman–Crippen MR) is 131 cm³/mol. The lowest BCUT2D eigenvalue weighted by molar-refractivity contribution is 0.0521. The van der Waals surface area contributed by atoms with Crippen molar-refractivity contribution >= 4 is 17.3 Å². The van der Waals surface area contributed by atoms with Crippen LogP contribution in [0.2, 0.25) is 0 Å². The molecule has 0 atom stereocenters. The van der Waals surface area contributed by atoms with Gasteiger partial charge >= 0.3 is 5.97 Å². The monoisotopic (exact) mass is 441 g/mol. The summed E-state index contributed by atoms with van der Waals surface area (Å²) in [6.45, 7) is 9.46. The molecule has 0 aliphatic carbocycles. The lowest BCUT2D eigenvalue weighted by Crippen LogP contribution is -2.34. The number of aryl methyl sites for hydroxylation is 1. The van der Waals surface area contributed by atoms with Crippen molar-refractivity contribution in [1.29, 1.82) is 0 Å². The van der Waals surface area contributed by atoms with E-state index >= 15 is 0 Å². The minimum atomic E-state index is -0.664. The molecule has 4 rings (SSSR count). The van der Waals surface area contributed by atoms with Crippen molar-refractivity contribution in [2.24, 2.45) is 0 Å². The van der Waals surface area contributed by atoms with E-state index in [2.05, 4.69) is 73.9 Å². The van der Waals surface area contributed by atoms with Crippen LogP contribution in [-0.4, -0.2) is 19.1 Å². The molecule has 0 N–H and O–H groups in total. The van der Waals surface area contributed by atoms with Crippen LogP contribution in [-0.2, 0) is 10.2 Å². The highest BCUT2D eigenvalue weighted by molar-refractivity contribution is 5.89. The van der Waals surface area contributed by atoms with Crippen molar-refractivity contribution in [3.05, 3.63) is 94.3 Å². The zero-order valence-corrected chi connectivity index (χ0v) is 19.5. The quantitative estimate of drug-likeness (QED) is 0.342. The van der Waals surface area contributed by atoms with Gasteiger partial charge in [0.1, 0.15) is 5.82 Å². The fraction of sp³-hybridized carbons (Fsp3) is 0.276. The van der Waals surface area contributed by atoms with Gasteiger partial charge in [0.25, 0.3) is 0 Å². The van der Waals surface area contributed by atoms with Crippen LogP contribution >= 0.6 is 0 Å². The van der Waals surface area contributed by atoms with E-state index in [0.717, 1.165) is 24.2 Å². The van der Waals surface area contributed by atoms with Crippen molar-refractivity contribution < 1.29 is 13.9 Å². The summed E-state index contributed by atoms with van der Waals surface area (Å²) in [5.41, 5.74) is 6.22. The molecule has 4 heteroatoms. The number of fused-ring (bicyclic) bond motifs is 1. The minimum absolute atomic E-state index is 0.0767. The van der Waals surface area contributed by atoms with Crippen molar-refractivity contribution in [2.75, 3.05) is 18.1 Å². The Morgan fingerprint density at radius 3 is 2.36 bits per heavy atom. The Morgan fingerprint density at radius 1 is 1.03 bits per heavy atom. The zero-order valence-electron chi connectivity index (χ0n) is 19.5. The first kappa shape index (κ1) is 22.6. The third kappa shape index (κ3) is 4.78. The predicted octanol–water partition coefficient (Wildman–Crippen LogP) is 6.53. The molecule has 0 fully saturated rings. The standard InChI is InChI=1S/C29H28FNO2/c1-5-33-28(32)24-14-10-21(18-26(24)30)8-9-22-11-15-25-27(19-22)31(17-16-29(25,3)4)23-12-6-20(2)7-13-23/h6-7,10-15,18-19H,5,16-17H2,1-4H3. The summed E-state index contributed by atoms with van der Waals surface area (Å²) >= 11 is 0. The van der Waals surface area contributed by atoms with Gasteiger partial charge in [0.05, 0.1) is 12.2 Å². The van der Waals surface area contributed by atoms with Crippen LogP contribution in [0.4, 0.5) is 15.8 Å². The number of hydrogen-bond donors (Lipinski definition) is 0. The number of carbonyl (C=O) groups excluding carboxylic acids is 1. The summed E-state index contributed by atoms with van der Waals surface area (Å²) < 4.78 is 19.2. The third-order valence-corrected chi connectivity index (χ3v) is 6.14. The fourth-order valence-corrected chi connectivity index (χ4v) is 4.16. The highest BCUT2D eigenvalue weighted by Crippen LogP contribution is 2.43. The Balaban J connectivity index is 1.67. The maximum absolute atomic E-state index is 14.4. The van der Waals surface area contributed by atoms with E-state index in [-0.39, 0.29) is 17.6 Å². The Kier molecular flexibility index (Phi) is 6.24. The molecular formula is C29H28FNO2. The second-order valence-corrected chi connectivity index (χ2v) is 9.02. The first-order valence-corrected chi connectivity index (χ1v) is 11.3. The highest BCUT2D eigenvalue weighted by atomic mass is 19.1. The van der Waals surface area contributed by atoms with Gasteiger partial charge in [-0.1, -0.05) is 49.5 Å². The van der Waals surface area contributed by atoms with Crippen molar-refractivity contribution in [2.45, 2.75) is 39.5 Å². The van der Waals surface area contributed by atoms with E-state index in [4.69, 9.17) is 4.74 Å². The van der Waals surface area contributed by atoms with Crippen LogP contribution in [0, 0.1) is 24.6 Å². The van der Waals surface area contributed by atoms with E-state index in [1.807, 2.05) is 6.07 Å². The molecule has 1 aliphatic heterocycles. The molecule has 3 nitrogen and oxygen atoms in total. The fourth-order valence-electron chi connectivity index (χ4n) is 4.16. The SMILES string of the molecule is CCOC(=O)c1ccc(C#Cc2ccc3c(c2)N(c2ccc(C)cc2)CCC3(C)C)cc1F. The Hall–Kier alpha value is -3.58. The molecule has 0 saturated heterocycles. The average molecular weight is 442 g/mol. The molecule has 3 aromatic rings. The molecule has 0 spiro atoms. The van der Waals surface area contributed by atoms with Gasteiger partial charge in [-0.3, -0.25) is 0 Å². The maximum atomic E-state index is 14.4. The molecular weight excluding hydrogens is 413 g/mol. The molecule has 33 heavy (non-hydrogen) atoms. The summed E-state index contributed by atoms with van der Waals surface area (Å²) in [5.74, 6) is 4.90. The largest absolute Gasteiger partial charge is 0.462 e. The molecule has 0 amide bonds. The minimum Gasteiger partial charge on any atom is -0.462 e. The van der Waals surface area contributed by atoms with Crippen LogP contribution in [0.3, 0.4) is 0 Å². The van der Waals surface area contributed by atoms with Crippen LogP contribution in [0.1, 0.15) is 59.8 Å².